The molecule has 39 heavy (non-hydrogen) atoms. The number of aliphatic hydroxyl groups is 1. The van der Waals surface area contributed by atoms with Crippen LogP contribution in [0, 0.1) is 56.2 Å². The third kappa shape index (κ3) is 3.78. The van der Waals surface area contributed by atoms with Crippen molar-refractivity contribution in [1.82, 2.24) is 0 Å². The Morgan fingerprint density at radius 1 is 0.974 bits per heavy atom. The standard InChI is InChI=1S/C33H51NO5/c1-19(35)39-26(37)20-9-11-31(6)24(28(20,2)3)10-12-33(8)25(31)23(36)17-21-22-18-30(5,27(34)38)14-13-29(22,4)15-16-32(21,33)7/h17,20,22,24-26,37H,9-16,18H2,1-8H3,(H2,34,38)/t20-,22-,24?,25-,26?,29-,30+,31+,32-,33-/m1/s1. The molecule has 5 rings (SSSR count). The summed E-state index contributed by atoms with van der Waals surface area (Å²) in [6.45, 7) is 17.3. The topological polar surface area (TPSA) is 107 Å². The molecule has 3 N–H and O–H groups in total. The first-order valence-electron chi connectivity index (χ1n) is 15.3. The molecule has 1 amide bonds. The van der Waals surface area contributed by atoms with Gasteiger partial charge in [-0.3, -0.25) is 14.4 Å². The van der Waals surface area contributed by atoms with Crippen molar-refractivity contribution in [2.75, 3.05) is 0 Å². The van der Waals surface area contributed by atoms with Crippen LogP contribution in [0.25, 0.3) is 0 Å². The fourth-order valence-corrected chi connectivity index (χ4v) is 11.2. The molecule has 0 radical (unpaired) electrons. The van der Waals surface area contributed by atoms with Crippen molar-refractivity contribution in [2.24, 2.45) is 61.9 Å². The van der Waals surface area contributed by atoms with Gasteiger partial charge in [0.05, 0.1) is 0 Å². The maximum Gasteiger partial charge on any atom is 0.304 e. The van der Waals surface area contributed by atoms with Crippen LogP contribution in [0.1, 0.15) is 113 Å². The number of aliphatic hydroxyl groups excluding tert-OH is 1. The Kier molecular flexibility index (Phi) is 6.40. The highest BCUT2D eigenvalue weighted by atomic mass is 16.6. The lowest BCUT2D eigenvalue weighted by molar-refractivity contribution is -0.227. The molecular formula is C33H51NO5. The maximum absolute atomic E-state index is 14.5. The van der Waals surface area contributed by atoms with Gasteiger partial charge in [-0.2, -0.15) is 0 Å². The molecule has 6 heteroatoms. The number of allylic oxidation sites excluding steroid dienone is 2. The number of ketones is 1. The highest BCUT2D eigenvalue weighted by Crippen LogP contribution is 2.75. The van der Waals surface area contributed by atoms with E-state index >= 15 is 0 Å². The van der Waals surface area contributed by atoms with E-state index in [1.165, 1.54) is 12.5 Å². The second kappa shape index (κ2) is 8.66. The number of primary amides is 1. The molecule has 0 spiro atoms. The van der Waals surface area contributed by atoms with Gasteiger partial charge < -0.3 is 15.6 Å². The van der Waals surface area contributed by atoms with Gasteiger partial charge in [-0.1, -0.05) is 54.0 Å². The number of carbonyl (C=O) groups is 3. The van der Waals surface area contributed by atoms with Crippen LogP contribution < -0.4 is 5.73 Å². The molecule has 2 unspecified atom stereocenters. The van der Waals surface area contributed by atoms with Gasteiger partial charge in [0.25, 0.3) is 0 Å². The molecule has 10 atom stereocenters. The van der Waals surface area contributed by atoms with E-state index in [0.29, 0.717) is 0 Å². The fourth-order valence-electron chi connectivity index (χ4n) is 11.2. The third-order valence-electron chi connectivity index (χ3n) is 13.9. The smallest absolute Gasteiger partial charge is 0.304 e. The van der Waals surface area contributed by atoms with E-state index in [9.17, 15) is 19.5 Å². The first-order valence-corrected chi connectivity index (χ1v) is 15.3. The highest BCUT2D eigenvalue weighted by molar-refractivity contribution is 5.95. The third-order valence-corrected chi connectivity index (χ3v) is 13.9. The molecule has 0 aliphatic heterocycles. The van der Waals surface area contributed by atoms with Gasteiger partial charge in [-0.25, -0.2) is 0 Å². The van der Waals surface area contributed by atoms with Crippen molar-refractivity contribution in [3.05, 3.63) is 11.6 Å². The zero-order valence-electron chi connectivity index (χ0n) is 25.5. The number of hydrogen-bond donors (Lipinski definition) is 2. The quantitative estimate of drug-likeness (QED) is 0.339. The van der Waals surface area contributed by atoms with E-state index in [1.807, 2.05) is 13.0 Å². The molecule has 0 heterocycles. The van der Waals surface area contributed by atoms with Gasteiger partial charge in [0.15, 0.2) is 5.78 Å². The summed E-state index contributed by atoms with van der Waals surface area (Å²) in [5.74, 6) is -0.256. The van der Waals surface area contributed by atoms with Crippen molar-refractivity contribution in [3.63, 3.8) is 0 Å². The number of carbonyl (C=O) groups excluding carboxylic acids is 3. The summed E-state index contributed by atoms with van der Waals surface area (Å²) in [4.78, 5) is 38.6. The molecule has 218 valence electrons. The molecule has 6 nitrogen and oxygen atoms in total. The number of esters is 1. The largest absolute Gasteiger partial charge is 0.436 e. The first kappa shape index (κ1) is 28.8. The second-order valence-corrected chi connectivity index (χ2v) is 16.1. The van der Waals surface area contributed by atoms with Gasteiger partial charge >= 0.3 is 5.97 Å². The SMILES string of the molecule is CC(=O)OC(O)[C@H]1CC[C@@]2(C)C(CC[C@]3(C)[C@@H]2C(=O)C=C2[C@H]4C[C@@](C)(C(N)=O)CC[C@]4(C)CC[C@]23C)C1(C)C. The average molecular weight is 542 g/mol. The summed E-state index contributed by atoms with van der Waals surface area (Å²) >= 11 is 0. The van der Waals surface area contributed by atoms with Crippen LogP contribution >= 0.6 is 0 Å². The Hall–Kier alpha value is -1.69. The van der Waals surface area contributed by atoms with Crippen LogP contribution in [-0.2, 0) is 19.1 Å². The number of ether oxygens (including phenoxy) is 1. The number of fused-ring (bicyclic) bond motifs is 7. The van der Waals surface area contributed by atoms with E-state index in [2.05, 4.69) is 41.5 Å². The fraction of sp³-hybridized carbons (Fsp3) is 0.848. The van der Waals surface area contributed by atoms with E-state index in [1.54, 1.807) is 0 Å². The lowest BCUT2D eigenvalue weighted by Crippen LogP contribution is -2.66. The van der Waals surface area contributed by atoms with Crippen LogP contribution in [0.5, 0.6) is 0 Å². The summed E-state index contributed by atoms with van der Waals surface area (Å²) < 4.78 is 5.27. The second-order valence-electron chi connectivity index (χ2n) is 16.1. The minimum Gasteiger partial charge on any atom is -0.436 e. The summed E-state index contributed by atoms with van der Waals surface area (Å²) in [5.41, 5.74) is 5.99. The number of rotatable bonds is 3. The molecule has 0 aromatic carbocycles. The van der Waals surface area contributed by atoms with Gasteiger partial charge in [0.2, 0.25) is 12.2 Å². The van der Waals surface area contributed by atoms with Gasteiger partial charge in [0.1, 0.15) is 0 Å². The van der Waals surface area contributed by atoms with E-state index in [-0.39, 0.29) is 62.4 Å². The van der Waals surface area contributed by atoms with E-state index in [0.717, 1.165) is 57.8 Å². The Morgan fingerprint density at radius 3 is 2.23 bits per heavy atom. The van der Waals surface area contributed by atoms with Crippen molar-refractivity contribution < 1.29 is 24.2 Å². The zero-order valence-corrected chi connectivity index (χ0v) is 25.5. The summed E-state index contributed by atoms with van der Waals surface area (Å²) in [6.07, 6.45) is 9.10. The minimum atomic E-state index is -1.12. The maximum atomic E-state index is 14.5. The highest BCUT2D eigenvalue weighted by Gasteiger charge is 2.70. The van der Waals surface area contributed by atoms with E-state index in [4.69, 9.17) is 10.5 Å². The first-order chi connectivity index (χ1) is 17.9. The summed E-state index contributed by atoms with van der Waals surface area (Å²) in [6, 6.07) is 0. The number of amides is 1. The van der Waals surface area contributed by atoms with Crippen LogP contribution in [0.15, 0.2) is 11.6 Å². The molecule has 5 aliphatic carbocycles. The average Bonchev–Trinajstić information content (AvgIpc) is 2.80. The summed E-state index contributed by atoms with van der Waals surface area (Å²) in [7, 11) is 0. The van der Waals surface area contributed by atoms with Crippen LogP contribution in [-0.4, -0.2) is 29.1 Å². The minimum absolute atomic E-state index is 0.0950. The summed E-state index contributed by atoms with van der Waals surface area (Å²) in [5, 5.41) is 10.8. The van der Waals surface area contributed by atoms with E-state index < -0.39 is 17.7 Å². The Bertz CT molecular complexity index is 1130. The van der Waals surface area contributed by atoms with Crippen LogP contribution in [0.4, 0.5) is 0 Å². The Labute approximate surface area is 234 Å². The molecule has 0 aromatic heterocycles. The normalized spacial score (nSPS) is 49.4. The molecule has 0 bridgehead atoms. The van der Waals surface area contributed by atoms with Crippen LogP contribution in [0.2, 0.25) is 0 Å². The van der Waals surface area contributed by atoms with Crippen molar-refractivity contribution in [3.8, 4) is 0 Å². The van der Waals surface area contributed by atoms with Crippen molar-refractivity contribution in [2.45, 2.75) is 119 Å². The number of nitrogens with two attached hydrogens (primary N) is 1. The van der Waals surface area contributed by atoms with Crippen molar-refractivity contribution >= 4 is 17.7 Å². The Balaban J connectivity index is 1.55. The predicted molar refractivity (Wildman–Crippen MR) is 150 cm³/mol. The molecular weight excluding hydrogens is 490 g/mol. The lowest BCUT2D eigenvalue weighted by Gasteiger charge is -2.70. The number of hydrogen-bond acceptors (Lipinski definition) is 5. The molecule has 4 saturated carbocycles. The van der Waals surface area contributed by atoms with Crippen molar-refractivity contribution in [1.29, 1.82) is 0 Å². The molecule has 0 saturated heterocycles. The predicted octanol–water partition coefficient (Wildman–Crippen LogP) is 5.95. The van der Waals surface area contributed by atoms with Gasteiger partial charge in [0, 0.05) is 24.2 Å². The van der Waals surface area contributed by atoms with Gasteiger partial charge in [-0.15, -0.1) is 0 Å². The monoisotopic (exact) mass is 541 g/mol. The molecule has 0 aromatic rings. The lowest BCUT2D eigenvalue weighted by atomic mass is 9.33. The van der Waals surface area contributed by atoms with Crippen LogP contribution in [0.3, 0.4) is 0 Å². The molecule has 4 fully saturated rings. The molecule has 5 aliphatic rings. The zero-order chi connectivity index (χ0) is 29.0. The Morgan fingerprint density at radius 2 is 1.62 bits per heavy atom. The van der Waals surface area contributed by atoms with Gasteiger partial charge in [-0.05, 0) is 103 Å².